The third kappa shape index (κ3) is 9.98. The van der Waals surface area contributed by atoms with Crippen LogP contribution in [0.1, 0.15) is 70.8 Å². The molecule has 0 atom stereocenters. The maximum absolute atomic E-state index is 11.7. The maximum atomic E-state index is 11.7. The van der Waals surface area contributed by atoms with Crippen LogP contribution < -0.4 is 10.1 Å². The molecule has 0 saturated carbocycles. The molecule has 1 N–H and O–H groups in total. The molecule has 0 radical (unpaired) electrons. The lowest BCUT2D eigenvalue weighted by Gasteiger charge is -2.08. The minimum Gasteiger partial charge on any atom is -0.492 e. The lowest BCUT2D eigenvalue weighted by molar-refractivity contribution is -0.121. The molecule has 0 saturated heterocycles. The number of hydrogen-bond donors (Lipinski definition) is 1. The highest BCUT2D eigenvalue weighted by atomic mass is 16.5. The molecule has 0 spiro atoms. The van der Waals surface area contributed by atoms with Gasteiger partial charge in [-0.15, -0.1) is 0 Å². The number of ether oxygens (including phenoxy) is 1. The van der Waals surface area contributed by atoms with Gasteiger partial charge in [0.05, 0.1) is 6.54 Å². The van der Waals surface area contributed by atoms with Crippen LogP contribution >= 0.6 is 0 Å². The van der Waals surface area contributed by atoms with E-state index in [2.05, 4.69) is 31.3 Å². The van der Waals surface area contributed by atoms with Crippen LogP contribution in [0.3, 0.4) is 0 Å². The van der Waals surface area contributed by atoms with Crippen LogP contribution in [0.4, 0.5) is 0 Å². The SMILES string of the molecule is CCCCCCCCC(=O)NCCOc1ccc(CCC)cc1. The Bertz CT molecular complexity index is 414. The molecule has 0 aliphatic heterocycles. The van der Waals surface area contributed by atoms with Crippen LogP contribution in [0.2, 0.25) is 0 Å². The van der Waals surface area contributed by atoms with Gasteiger partial charge < -0.3 is 10.1 Å². The molecule has 3 heteroatoms. The van der Waals surface area contributed by atoms with Gasteiger partial charge in [0.25, 0.3) is 0 Å². The fourth-order valence-electron chi connectivity index (χ4n) is 2.55. The van der Waals surface area contributed by atoms with Crippen molar-refractivity contribution in [3.8, 4) is 5.75 Å². The average Bonchev–Trinajstić information content (AvgIpc) is 2.56. The zero-order valence-corrected chi connectivity index (χ0v) is 14.9. The number of benzene rings is 1. The maximum Gasteiger partial charge on any atom is 0.220 e. The number of carbonyl (C=O) groups is 1. The number of unbranched alkanes of at least 4 members (excludes halogenated alkanes) is 5. The fourth-order valence-corrected chi connectivity index (χ4v) is 2.55. The second-order valence-corrected chi connectivity index (χ2v) is 6.11. The molecule has 1 aromatic carbocycles. The van der Waals surface area contributed by atoms with Crippen molar-refractivity contribution in [1.82, 2.24) is 5.32 Å². The Hall–Kier alpha value is -1.51. The second kappa shape index (κ2) is 13.0. The van der Waals surface area contributed by atoms with E-state index in [-0.39, 0.29) is 5.91 Å². The third-order valence-electron chi connectivity index (χ3n) is 3.91. The van der Waals surface area contributed by atoms with Crippen LogP contribution in [-0.2, 0) is 11.2 Å². The molecule has 1 aromatic rings. The van der Waals surface area contributed by atoms with Gasteiger partial charge in [-0.2, -0.15) is 0 Å². The van der Waals surface area contributed by atoms with E-state index in [1.807, 2.05) is 12.1 Å². The number of aryl methyl sites for hydroxylation is 1. The van der Waals surface area contributed by atoms with Crippen LogP contribution in [0.25, 0.3) is 0 Å². The Morgan fingerprint density at radius 1 is 0.957 bits per heavy atom. The summed E-state index contributed by atoms with van der Waals surface area (Å²) >= 11 is 0. The molecule has 0 aromatic heterocycles. The van der Waals surface area contributed by atoms with E-state index in [0.29, 0.717) is 19.6 Å². The smallest absolute Gasteiger partial charge is 0.220 e. The molecular formula is C20H33NO2. The number of amides is 1. The Morgan fingerprint density at radius 3 is 2.35 bits per heavy atom. The topological polar surface area (TPSA) is 38.3 Å². The van der Waals surface area contributed by atoms with Gasteiger partial charge in [-0.1, -0.05) is 64.5 Å². The number of hydrogen-bond acceptors (Lipinski definition) is 2. The van der Waals surface area contributed by atoms with E-state index in [0.717, 1.165) is 31.4 Å². The van der Waals surface area contributed by atoms with Crippen LogP contribution in [-0.4, -0.2) is 19.1 Å². The average molecular weight is 319 g/mol. The molecule has 130 valence electrons. The highest BCUT2D eigenvalue weighted by Gasteiger charge is 2.01. The molecule has 23 heavy (non-hydrogen) atoms. The van der Waals surface area contributed by atoms with Crippen molar-refractivity contribution in [2.45, 2.75) is 71.6 Å². The first-order valence-electron chi connectivity index (χ1n) is 9.24. The summed E-state index contributed by atoms with van der Waals surface area (Å²) in [5.41, 5.74) is 1.34. The summed E-state index contributed by atoms with van der Waals surface area (Å²) < 4.78 is 5.64. The zero-order chi connectivity index (χ0) is 16.8. The largest absolute Gasteiger partial charge is 0.492 e. The van der Waals surface area contributed by atoms with Crippen LogP contribution in [0.5, 0.6) is 5.75 Å². The third-order valence-corrected chi connectivity index (χ3v) is 3.91. The number of rotatable bonds is 13. The Balaban J connectivity index is 2.02. The summed E-state index contributed by atoms with van der Waals surface area (Å²) in [6, 6.07) is 8.22. The number of carbonyl (C=O) groups excluding carboxylic acids is 1. The first-order chi connectivity index (χ1) is 11.3. The lowest BCUT2D eigenvalue weighted by Crippen LogP contribution is -2.27. The van der Waals surface area contributed by atoms with Crippen molar-refractivity contribution >= 4 is 5.91 Å². The van der Waals surface area contributed by atoms with Crippen LogP contribution in [0, 0.1) is 0 Å². The molecule has 1 rings (SSSR count). The van der Waals surface area contributed by atoms with Crippen molar-refractivity contribution in [1.29, 1.82) is 0 Å². The van der Waals surface area contributed by atoms with Gasteiger partial charge in [0, 0.05) is 6.42 Å². The van der Waals surface area contributed by atoms with E-state index >= 15 is 0 Å². The predicted octanol–water partition coefficient (Wildman–Crippen LogP) is 4.88. The fraction of sp³-hybridized carbons (Fsp3) is 0.650. The minimum atomic E-state index is 0.141. The first kappa shape index (κ1) is 19.5. The quantitative estimate of drug-likeness (QED) is 0.526. The summed E-state index contributed by atoms with van der Waals surface area (Å²) in [5, 5.41) is 2.92. The zero-order valence-electron chi connectivity index (χ0n) is 14.9. The van der Waals surface area contributed by atoms with Crippen molar-refractivity contribution in [3.05, 3.63) is 29.8 Å². The molecule has 3 nitrogen and oxygen atoms in total. The first-order valence-corrected chi connectivity index (χ1v) is 9.24. The summed E-state index contributed by atoms with van der Waals surface area (Å²) in [6.45, 7) is 5.49. The van der Waals surface area contributed by atoms with Gasteiger partial charge in [0.1, 0.15) is 12.4 Å². The second-order valence-electron chi connectivity index (χ2n) is 6.11. The van der Waals surface area contributed by atoms with E-state index in [1.165, 1.54) is 31.2 Å². The molecule has 1 amide bonds. The van der Waals surface area contributed by atoms with Gasteiger partial charge in [-0.25, -0.2) is 0 Å². The monoisotopic (exact) mass is 319 g/mol. The van der Waals surface area contributed by atoms with Gasteiger partial charge >= 0.3 is 0 Å². The highest BCUT2D eigenvalue weighted by Crippen LogP contribution is 2.13. The van der Waals surface area contributed by atoms with Crippen molar-refractivity contribution < 1.29 is 9.53 Å². The summed E-state index contributed by atoms with van der Waals surface area (Å²) in [4.78, 5) is 11.7. The van der Waals surface area contributed by atoms with E-state index < -0.39 is 0 Å². The molecular weight excluding hydrogens is 286 g/mol. The molecule has 0 heterocycles. The van der Waals surface area contributed by atoms with Crippen molar-refractivity contribution in [2.75, 3.05) is 13.2 Å². The van der Waals surface area contributed by atoms with Crippen molar-refractivity contribution in [2.24, 2.45) is 0 Å². The molecule has 0 bridgehead atoms. The molecule has 0 unspecified atom stereocenters. The van der Waals surface area contributed by atoms with Crippen molar-refractivity contribution in [3.63, 3.8) is 0 Å². The summed E-state index contributed by atoms with van der Waals surface area (Å²) in [5.74, 6) is 1.01. The molecule has 0 fully saturated rings. The summed E-state index contributed by atoms with van der Waals surface area (Å²) in [7, 11) is 0. The Labute approximate surface area is 141 Å². The summed E-state index contributed by atoms with van der Waals surface area (Å²) in [6.07, 6.45) is 10.2. The highest BCUT2D eigenvalue weighted by molar-refractivity contribution is 5.75. The van der Waals surface area contributed by atoms with Crippen LogP contribution in [0.15, 0.2) is 24.3 Å². The number of nitrogens with one attached hydrogen (secondary N) is 1. The van der Waals surface area contributed by atoms with E-state index in [4.69, 9.17) is 4.74 Å². The Morgan fingerprint density at radius 2 is 1.65 bits per heavy atom. The van der Waals surface area contributed by atoms with E-state index in [1.54, 1.807) is 0 Å². The van der Waals surface area contributed by atoms with Gasteiger partial charge in [-0.3, -0.25) is 4.79 Å². The van der Waals surface area contributed by atoms with Gasteiger partial charge in [-0.05, 0) is 30.5 Å². The molecule has 0 aliphatic carbocycles. The minimum absolute atomic E-state index is 0.141. The van der Waals surface area contributed by atoms with Gasteiger partial charge in [0.2, 0.25) is 5.91 Å². The molecule has 0 aliphatic rings. The van der Waals surface area contributed by atoms with E-state index in [9.17, 15) is 4.79 Å². The normalized spacial score (nSPS) is 10.5. The Kier molecular flexibility index (Phi) is 11.0. The standard InChI is InChI=1S/C20H33NO2/c1-3-5-6-7-8-9-11-20(22)21-16-17-23-19-14-12-18(10-4-2)13-15-19/h12-15H,3-11,16-17H2,1-2H3,(H,21,22). The predicted molar refractivity (Wildman–Crippen MR) is 96.9 cm³/mol. The van der Waals surface area contributed by atoms with Gasteiger partial charge in [0.15, 0.2) is 0 Å². The lowest BCUT2D eigenvalue weighted by atomic mass is 10.1.